The van der Waals surface area contributed by atoms with Crippen LogP contribution in [0, 0.1) is 0 Å². The monoisotopic (exact) mass is 313 g/mol. The third-order valence-corrected chi connectivity index (χ3v) is 2.78. The molecular formula is C12H16BrN3O2. The van der Waals surface area contributed by atoms with Crippen molar-refractivity contribution < 1.29 is 9.59 Å². The number of halogens is 1. The molecule has 1 heterocycles. The molecule has 5 nitrogen and oxygen atoms in total. The van der Waals surface area contributed by atoms with Crippen molar-refractivity contribution in [2.24, 2.45) is 0 Å². The van der Waals surface area contributed by atoms with E-state index in [0.29, 0.717) is 10.2 Å². The summed E-state index contributed by atoms with van der Waals surface area (Å²) in [4.78, 5) is 28.9. The van der Waals surface area contributed by atoms with Gasteiger partial charge < -0.3 is 10.2 Å². The number of aromatic nitrogens is 1. The number of likely N-dealkylation sites (N-methyl/N-ethyl adjacent to an activating group) is 1. The summed E-state index contributed by atoms with van der Waals surface area (Å²) >= 11 is 3.26. The maximum atomic E-state index is 12.0. The molecule has 0 spiro atoms. The van der Waals surface area contributed by atoms with Gasteiger partial charge in [0.2, 0.25) is 5.91 Å². The van der Waals surface area contributed by atoms with E-state index in [1.165, 1.54) is 4.90 Å². The molecule has 0 aromatic carbocycles. The Morgan fingerprint density at radius 1 is 1.50 bits per heavy atom. The summed E-state index contributed by atoms with van der Waals surface area (Å²) < 4.78 is 0.617. The summed E-state index contributed by atoms with van der Waals surface area (Å²) in [5.41, 5.74) is 0.303. The Labute approximate surface area is 115 Å². The molecule has 0 aliphatic rings. The molecule has 1 aromatic heterocycles. The van der Waals surface area contributed by atoms with Gasteiger partial charge in [0, 0.05) is 23.8 Å². The number of hydrogen-bond donors (Lipinski definition) is 1. The molecule has 0 radical (unpaired) electrons. The quantitative estimate of drug-likeness (QED) is 0.915. The van der Waals surface area contributed by atoms with Gasteiger partial charge in [-0.3, -0.25) is 9.59 Å². The molecule has 0 saturated heterocycles. The second-order valence-electron chi connectivity index (χ2n) is 4.22. The fourth-order valence-corrected chi connectivity index (χ4v) is 1.80. The third kappa shape index (κ3) is 4.10. The van der Waals surface area contributed by atoms with E-state index >= 15 is 0 Å². The van der Waals surface area contributed by atoms with Gasteiger partial charge in [0.05, 0.1) is 6.54 Å². The van der Waals surface area contributed by atoms with Gasteiger partial charge >= 0.3 is 0 Å². The summed E-state index contributed by atoms with van der Waals surface area (Å²) in [5, 5.41) is 2.73. The highest BCUT2D eigenvalue weighted by atomic mass is 79.9. The first-order chi connectivity index (χ1) is 8.41. The molecule has 1 N–H and O–H groups in total. The van der Waals surface area contributed by atoms with Crippen LogP contribution in [-0.4, -0.2) is 41.3 Å². The highest BCUT2D eigenvalue weighted by molar-refractivity contribution is 9.10. The topological polar surface area (TPSA) is 62.3 Å². The van der Waals surface area contributed by atoms with Crippen LogP contribution in [0.4, 0.5) is 0 Å². The minimum Gasteiger partial charge on any atom is -0.352 e. The van der Waals surface area contributed by atoms with Crippen LogP contribution in [0.25, 0.3) is 0 Å². The molecule has 0 bridgehead atoms. The second kappa shape index (κ2) is 6.49. The van der Waals surface area contributed by atoms with E-state index in [2.05, 4.69) is 26.2 Å². The van der Waals surface area contributed by atoms with Crippen molar-refractivity contribution in [3.63, 3.8) is 0 Å². The Balaban J connectivity index is 2.68. The van der Waals surface area contributed by atoms with Gasteiger partial charge in [0.15, 0.2) is 0 Å². The molecule has 0 atom stereocenters. The lowest BCUT2D eigenvalue weighted by atomic mass is 10.3. The van der Waals surface area contributed by atoms with Crippen LogP contribution < -0.4 is 5.32 Å². The molecule has 6 heteroatoms. The average Bonchev–Trinajstić information content (AvgIpc) is 2.27. The minimum atomic E-state index is -0.290. The van der Waals surface area contributed by atoms with Crippen LogP contribution in [0.2, 0.25) is 0 Å². The van der Waals surface area contributed by atoms with Crippen molar-refractivity contribution in [1.29, 1.82) is 0 Å². The largest absolute Gasteiger partial charge is 0.352 e. The molecule has 0 unspecified atom stereocenters. The second-order valence-corrected chi connectivity index (χ2v) is 5.07. The Hall–Kier alpha value is -1.43. The number of carbonyl (C=O) groups is 2. The summed E-state index contributed by atoms with van der Waals surface area (Å²) in [6.07, 6.45) is 1.54. The molecule has 0 saturated carbocycles. The van der Waals surface area contributed by atoms with Gasteiger partial charge in [0.25, 0.3) is 5.91 Å². The highest BCUT2D eigenvalue weighted by Crippen LogP contribution is 2.14. The summed E-state index contributed by atoms with van der Waals surface area (Å²) in [6.45, 7) is 3.75. The predicted molar refractivity (Wildman–Crippen MR) is 72.2 cm³/mol. The molecule has 1 aromatic rings. The van der Waals surface area contributed by atoms with Crippen molar-refractivity contribution in [3.05, 3.63) is 28.5 Å². The van der Waals surface area contributed by atoms with Crippen molar-refractivity contribution in [3.8, 4) is 0 Å². The van der Waals surface area contributed by atoms with E-state index in [9.17, 15) is 9.59 Å². The number of nitrogens with one attached hydrogen (secondary N) is 1. The standard InChI is InChI=1S/C12H16BrN3O2/c1-8(2)15-10(17)7-16(3)12(18)11-9(13)5-4-6-14-11/h4-6,8H,7H2,1-3H3,(H,15,17). The predicted octanol–water partition coefficient (Wildman–Crippen LogP) is 1.44. The smallest absolute Gasteiger partial charge is 0.273 e. The normalized spacial score (nSPS) is 10.3. The number of amides is 2. The maximum Gasteiger partial charge on any atom is 0.273 e. The molecule has 98 valence electrons. The van der Waals surface area contributed by atoms with Crippen LogP contribution in [0.15, 0.2) is 22.8 Å². The van der Waals surface area contributed by atoms with Gasteiger partial charge in [-0.15, -0.1) is 0 Å². The lowest BCUT2D eigenvalue weighted by Gasteiger charge is -2.17. The van der Waals surface area contributed by atoms with Crippen LogP contribution in [0.1, 0.15) is 24.3 Å². The molecule has 1 rings (SSSR count). The van der Waals surface area contributed by atoms with Crippen LogP contribution in [0.3, 0.4) is 0 Å². The number of rotatable bonds is 4. The summed E-state index contributed by atoms with van der Waals surface area (Å²) in [5.74, 6) is -0.478. The molecule has 0 aliphatic carbocycles. The first kappa shape index (κ1) is 14.6. The van der Waals surface area contributed by atoms with Gasteiger partial charge in [-0.2, -0.15) is 0 Å². The van der Waals surface area contributed by atoms with Gasteiger partial charge in [-0.25, -0.2) is 4.98 Å². The van der Waals surface area contributed by atoms with Crippen molar-refractivity contribution >= 4 is 27.7 Å². The van der Waals surface area contributed by atoms with E-state index in [4.69, 9.17) is 0 Å². The van der Waals surface area contributed by atoms with E-state index in [1.807, 2.05) is 13.8 Å². The average molecular weight is 314 g/mol. The zero-order valence-electron chi connectivity index (χ0n) is 10.6. The Morgan fingerprint density at radius 2 is 2.17 bits per heavy atom. The van der Waals surface area contributed by atoms with E-state index in [0.717, 1.165) is 0 Å². The van der Waals surface area contributed by atoms with Gasteiger partial charge in [-0.1, -0.05) is 0 Å². The van der Waals surface area contributed by atoms with Crippen molar-refractivity contribution in [2.75, 3.05) is 13.6 Å². The summed E-state index contributed by atoms with van der Waals surface area (Å²) in [6, 6.07) is 3.52. The van der Waals surface area contributed by atoms with Crippen LogP contribution >= 0.6 is 15.9 Å². The SMILES string of the molecule is CC(C)NC(=O)CN(C)C(=O)c1ncccc1Br. The highest BCUT2D eigenvalue weighted by Gasteiger charge is 2.18. The number of hydrogen-bond acceptors (Lipinski definition) is 3. The van der Waals surface area contributed by atoms with Crippen LogP contribution in [0.5, 0.6) is 0 Å². The number of carbonyl (C=O) groups excluding carboxylic acids is 2. The zero-order valence-corrected chi connectivity index (χ0v) is 12.2. The Kier molecular flexibility index (Phi) is 5.27. The molecule has 18 heavy (non-hydrogen) atoms. The lowest BCUT2D eigenvalue weighted by Crippen LogP contribution is -2.41. The fourth-order valence-electron chi connectivity index (χ4n) is 1.38. The van der Waals surface area contributed by atoms with Gasteiger partial charge in [-0.05, 0) is 41.9 Å². The Morgan fingerprint density at radius 3 is 2.72 bits per heavy atom. The van der Waals surface area contributed by atoms with E-state index in [-0.39, 0.29) is 24.4 Å². The van der Waals surface area contributed by atoms with E-state index in [1.54, 1.807) is 25.4 Å². The van der Waals surface area contributed by atoms with Crippen molar-refractivity contribution in [1.82, 2.24) is 15.2 Å². The Bertz CT molecular complexity index is 449. The summed E-state index contributed by atoms with van der Waals surface area (Å²) in [7, 11) is 1.57. The maximum absolute atomic E-state index is 12.0. The van der Waals surface area contributed by atoms with Crippen molar-refractivity contribution in [2.45, 2.75) is 19.9 Å². The first-order valence-corrected chi connectivity index (χ1v) is 6.36. The third-order valence-electron chi connectivity index (χ3n) is 2.14. The van der Waals surface area contributed by atoms with Gasteiger partial charge in [0.1, 0.15) is 5.69 Å². The minimum absolute atomic E-state index is 0.0139. The molecule has 2 amide bonds. The lowest BCUT2D eigenvalue weighted by molar-refractivity contribution is -0.122. The zero-order chi connectivity index (χ0) is 13.7. The number of nitrogens with zero attached hydrogens (tertiary/aromatic N) is 2. The molecule has 0 aliphatic heterocycles. The molecular weight excluding hydrogens is 298 g/mol. The first-order valence-electron chi connectivity index (χ1n) is 5.57. The van der Waals surface area contributed by atoms with E-state index < -0.39 is 0 Å². The van der Waals surface area contributed by atoms with Crippen LogP contribution in [-0.2, 0) is 4.79 Å². The number of pyridine rings is 1. The molecule has 0 fully saturated rings. The fraction of sp³-hybridized carbons (Fsp3) is 0.417.